The summed E-state index contributed by atoms with van der Waals surface area (Å²) in [6.45, 7) is 9.84. The van der Waals surface area contributed by atoms with Crippen LogP contribution in [-0.4, -0.2) is 28.7 Å². The first-order valence-electron chi connectivity index (χ1n) is 12.5. The molecule has 4 rings (SSSR count). The number of aryl methyl sites for hydroxylation is 1. The van der Waals surface area contributed by atoms with Crippen molar-refractivity contribution in [2.45, 2.75) is 52.1 Å². The van der Waals surface area contributed by atoms with E-state index >= 15 is 0 Å². The lowest BCUT2D eigenvalue weighted by Crippen LogP contribution is -2.32. The number of nitrogens with one attached hydrogen (secondary N) is 1. The summed E-state index contributed by atoms with van der Waals surface area (Å²) in [5.41, 5.74) is 3.36. The van der Waals surface area contributed by atoms with Gasteiger partial charge < -0.3 is 19.4 Å². The summed E-state index contributed by atoms with van der Waals surface area (Å²) >= 11 is 0. The van der Waals surface area contributed by atoms with Gasteiger partial charge in [0.1, 0.15) is 17.3 Å². The Labute approximate surface area is 213 Å². The molecule has 6 heteroatoms. The molecule has 0 fully saturated rings. The number of imidazole rings is 1. The molecule has 1 aromatic heterocycles. The first-order valence-corrected chi connectivity index (χ1v) is 12.5. The maximum atomic E-state index is 12.5. The fourth-order valence-corrected chi connectivity index (χ4v) is 4.14. The monoisotopic (exact) mass is 485 g/mol. The summed E-state index contributed by atoms with van der Waals surface area (Å²) in [5.74, 6) is 2.17. The molecule has 0 radical (unpaired) electrons. The Morgan fingerprint density at radius 3 is 2.31 bits per heavy atom. The van der Waals surface area contributed by atoms with E-state index < -0.39 is 0 Å². The predicted molar refractivity (Wildman–Crippen MR) is 143 cm³/mol. The fourth-order valence-electron chi connectivity index (χ4n) is 4.14. The van der Waals surface area contributed by atoms with E-state index in [-0.39, 0.29) is 24.0 Å². The third-order valence-electron chi connectivity index (χ3n) is 6.08. The number of hydrogen-bond acceptors (Lipinski definition) is 4. The van der Waals surface area contributed by atoms with Gasteiger partial charge in [0.05, 0.1) is 23.7 Å². The number of para-hydroxylation sites is 3. The van der Waals surface area contributed by atoms with E-state index in [1.807, 2.05) is 67.6 Å². The number of ether oxygens (including phenoxy) is 2. The number of fused-ring (bicyclic) bond motifs is 1. The summed E-state index contributed by atoms with van der Waals surface area (Å²) in [6, 6.07) is 25.4. The van der Waals surface area contributed by atoms with E-state index in [9.17, 15) is 4.79 Å². The van der Waals surface area contributed by atoms with E-state index in [1.54, 1.807) is 0 Å². The van der Waals surface area contributed by atoms with Crippen LogP contribution in [0.2, 0.25) is 0 Å². The van der Waals surface area contributed by atoms with Crippen LogP contribution in [0.15, 0.2) is 78.9 Å². The van der Waals surface area contributed by atoms with Crippen molar-refractivity contribution < 1.29 is 14.3 Å². The molecule has 0 saturated heterocycles. The minimum absolute atomic E-state index is 0.0452. The zero-order chi connectivity index (χ0) is 25.5. The van der Waals surface area contributed by atoms with Crippen LogP contribution in [-0.2, 0) is 16.8 Å². The lowest BCUT2D eigenvalue weighted by Gasteiger charge is -2.19. The lowest BCUT2D eigenvalue weighted by molar-refractivity contribution is -0.123. The molecular weight excluding hydrogens is 450 g/mol. The zero-order valence-electron chi connectivity index (χ0n) is 21.5. The van der Waals surface area contributed by atoms with E-state index in [0.29, 0.717) is 12.4 Å². The molecule has 1 unspecified atom stereocenters. The van der Waals surface area contributed by atoms with E-state index in [2.05, 4.69) is 48.9 Å². The van der Waals surface area contributed by atoms with Gasteiger partial charge in [0.2, 0.25) is 0 Å². The van der Waals surface area contributed by atoms with Gasteiger partial charge in [-0.15, -0.1) is 0 Å². The topological polar surface area (TPSA) is 65.4 Å². The Bertz CT molecular complexity index is 1270. The van der Waals surface area contributed by atoms with Crippen molar-refractivity contribution in [1.82, 2.24) is 14.9 Å². The minimum Gasteiger partial charge on any atom is -0.494 e. The van der Waals surface area contributed by atoms with Crippen LogP contribution in [0.25, 0.3) is 11.0 Å². The van der Waals surface area contributed by atoms with Gasteiger partial charge in [-0.3, -0.25) is 4.79 Å². The average molecular weight is 486 g/mol. The number of nitrogens with zero attached hydrogens (tertiary/aromatic N) is 2. The number of rotatable bonds is 10. The highest BCUT2D eigenvalue weighted by atomic mass is 16.5. The highest BCUT2D eigenvalue weighted by Gasteiger charge is 2.19. The third-order valence-corrected chi connectivity index (χ3v) is 6.08. The first kappa shape index (κ1) is 25.3. The van der Waals surface area contributed by atoms with Crippen LogP contribution in [0.4, 0.5) is 0 Å². The molecule has 0 aliphatic carbocycles. The van der Waals surface area contributed by atoms with Gasteiger partial charge in [-0.25, -0.2) is 4.98 Å². The Hall–Kier alpha value is -3.80. The molecule has 1 atom stereocenters. The Balaban J connectivity index is 1.37. The summed E-state index contributed by atoms with van der Waals surface area (Å²) < 4.78 is 13.8. The summed E-state index contributed by atoms with van der Waals surface area (Å²) in [7, 11) is 0. The standard InChI is InChI=1S/C30H35N3O3/c1-22(31-28(34)21-36-24-11-6-5-7-12-24)29-32-26-13-8-9-14-27(26)33(29)19-10-20-35-25-17-15-23(16-18-25)30(2,3)4/h5-9,11-18,22H,10,19-21H2,1-4H3,(H,31,34). The second-order valence-corrected chi connectivity index (χ2v) is 9.98. The van der Waals surface area contributed by atoms with Crippen LogP contribution in [0, 0.1) is 0 Å². The van der Waals surface area contributed by atoms with E-state index in [0.717, 1.165) is 35.6 Å². The van der Waals surface area contributed by atoms with Gasteiger partial charge in [-0.1, -0.05) is 63.2 Å². The van der Waals surface area contributed by atoms with Gasteiger partial charge >= 0.3 is 0 Å². The number of aromatic nitrogens is 2. The number of hydrogen-bond donors (Lipinski definition) is 1. The predicted octanol–water partition coefficient (Wildman–Crippen LogP) is 6.06. The third kappa shape index (κ3) is 6.45. The normalized spacial score (nSPS) is 12.3. The zero-order valence-corrected chi connectivity index (χ0v) is 21.5. The first-order chi connectivity index (χ1) is 17.3. The number of benzene rings is 3. The van der Waals surface area contributed by atoms with E-state index in [1.165, 1.54) is 5.56 Å². The van der Waals surface area contributed by atoms with Crippen LogP contribution >= 0.6 is 0 Å². The molecule has 3 aromatic carbocycles. The van der Waals surface area contributed by atoms with Gasteiger partial charge in [-0.2, -0.15) is 0 Å². The minimum atomic E-state index is -0.268. The van der Waals surface area contributed by atoms with Gasteiger partial charge in [-0.05, 0) is 60.7 Å². The lowest BCUT2D eigenvalue weighted by atomic mass is 9.87. The molecule has 0 saturated carbocycles. The summed E-state index contributed by atoms with van der Waals surface area (Å²) in [5, 5.41) is 3.02. The van der Waals surface area contributed by atoms with Gasteiger partial charge in [0, 0.05) is 6.54 Å². The maximum absolute atomic E-state index is 12.5. The molecule has 4 aromatic rings. The van der Waals surface area contributed by atoms with E-state index in [4.69, 9.17) is 14.5 Å². The Morgan fingerprint density at radius 2 is 1.58 bits per heavy atom. The van der Waals surface area contributed by atoms with Crippen LogP contribution in [0.3, 0.4) is 0 Å². The van der Waals surface area contributed by atoms with Crippen molar-refractivity contribution in [3.8, 4) is 11.5 Å². The Kier molecular flexibility index (Phi) is 7.93. The smallest absolute Gasteiger partial charge is 0.258 e. The molecule has 6 nitrogen and oxygen atoms in total. The SMILES string of the molecule is CC(NC(=O)COc1ccccc1)c1nc2ccccc2n1CCCOc1ccc(C(C)(C)C)cc1. The molecule has 0 bridgehead atoms. The van der Waals surface area contributed by atoms with Crippen molar-refractivity contribution in [3.63, 3.8) is 0 Å². The molecule has 1 amide bonds. The van der Waals surface area contributed by atoms with Gasteiger partial charge in [0.25, 0.3) is 5.91 Å². The van der Waals surface area contributed by atoms with Crippen LogP contribution in [0.1, 0.15) is 51.5 Å². The number of carbonyl (C=O) groups is 1. The highest BCUT2D eigenvalue weighted by Crippen LogP contribution is 2.25. The van der Waals surface area contributed by atoms with Crippen molar-refractivity contribution in [2.24, 2.45) is 0 Å². The number of carbonyl (C=O) groups excluding carboxylic acids is 1. The van der Waals surface area contributed by atoms with Crippen LogP contribution in [0.5, 0.6) is 11.5 Å². The highest BCUT2D eigenvalue weighted by molar-refractivity contribution is 5.79. The molecule has 0 aliphatic rings. The molecule has 0 aliphatic heterocycles. The largest absolute Gasteiger partial charge is 0.494 e. The quantitative estimate of drug-likeness (QED) is 0.277. The van der Waals surface area contributed by atoms with Crippen molar-refractivity contribution >= 4 is 16.9 Å². The summed E-state index contributed by atoms with van der Waals surface area (Å²) in [6.07, 6.45) is 0.812. The second-order valence-electron chi connectivity index (χ2n) is 9.98. The molecule has 188 valence electrons. The fraction of sp³-hybridized carbons (Fsp3) is 0.333. The summed E-state index contributed by atoms with van der Waals surface area (Å²) in [4.78, 5) is 17.4. The van der Waals surface area contributed by atoms with Crippen molar-refractivity contribution in [3.05, 3.63) is 90.3 Å². The molecular formula is C30H35N3O3. The van der Waals surface area contributed by atoms with Crippen molar-refractivity contribution in [2.75, 3.05) is 13.2 Å². The molecule has 1 N–H and O–H groups in total. The molecule has 1 heterocycles. The van der Waals surface area contributed by atoms with Crippen LogP contribution < -0.4 is 14.8 Å². The Morgan fingerprint density at radius 1 is 0.917 bits per heavy atom. The maximum Gasteiger partial charge on any atom is 0.258 e. The molecule has 36 heavy (non-hydrogen) atoms. The second kappa shape index (κ2) is 11.3. The average Bonchev–Trinajstić information content (AvgIpc) is 3.24. The van der Waals surface area contributed by atoms with Crippen molar-refractivity contribution in [1.29, 1.82) is 0 Å². The van der Waals surface area contributed by atoms with Gasteiger partial charge in [0.15, 0.2) is 6.61 Å². The number of amides is 1. The molecule has 0 spiro atoms.